The summed E-state index contributed by atoms with van der Waals surface area (Å²) < 4.78 is 0. The van der Waals surface area contributed by atoms with E-state index in [0.717, 1.165) is 37.3 Å². The normalized spacial score (nSPS) is 20.7. The third-order valence-electron chi connectivity index (χ3n) is 21.2. The Kier molecular flexibility index (Phi) is 45.4. The molecule has 38 N–H and O–H groups in total. The molecule has 2 heterocycles. The number of carbonyl (C=O) groups excluding carboxylic acids is 15. The van der Waals surface area contributed by atoms with E-state index in [0.29, 0.717) is 11.1 Å². The number of nitrogens with one attached hydrogen (secondary N) is 19. The van der Waals surface area contributed by atoms with Crippen molar-refractivity contribution in [1.82, 2.24) is 90.0 Å². The second-order valence-corrected chi connectivity index (χ2v) is 34.2. The number of aromatic hydroxyl groups is 2. The van der Waals surface area contributed by atoms with Crippen LogP contribution >= 0.6 is 21.6 Å². The molecule has 132 heavy (non-hydrogen) atoms. The van der Waals surface area contributed by atoms with Gasteiger partial charge in [0.15, 0.2) is 17.9 Å². The van der Waals surface area contributed by atoms with Gasteiger partial charge in [0.05, 0.1) is 6.04 Å². The highest BCUT2D eigenvalue weighted by Crippen LogP contribution is 2.27. The molecule has 4 aromatic carbocycles. The van der Waals surface area contributed by atoms with Gasteiger partial charge in [-0.2, -0.15) is 0 Å². The van der Waals surface area contributed by atoms with Gasteiger partial charge in [-0.1, -0.05) is 88.3 Å². The molecule has 2 saturated heterocycles. The van der Waals surface area contributed by atoms with Crippen LogP contribution in [0.15, 0.2) is 91.0 Å². The molecule has 17 amide bonds. The van der Waals surface area contributed by atoms with Gasteiger partial charge in [-0.25, -0.2) is 9.59 Å². The SMILES string of the molecule is N=C(N)NCCC[C@H](NC(=O)[C@@H]1CSSC[C@H](NC(=O)[C@H](Cc2ccc3ccccc3c2)NC(=O)[C@@H](N)CCCNC(=N)N)C(=O)N[C@@H](Cc2ccc(O)cc2)C(=O)N[C@@H](CCCNC(N)=O)C(=O)N[C@@H](CCCCN)C(=O)N[C@H](CCC(=O)O)C(=O)N2CCC[C@H]2C(=O)N[C@@H](Cc2ccc(O)cc2)C(=O)N[C@@H](CCCNC(=N)N)C(=O)N[C@@H](CCCNC(N)=O)C(=O)N1)C(N)=O. The smallest absolute Gasteiger partial charge is 0.312 e. The first-order valence-corrected chi connectivity index (χ1v) is 45.6. The van der Waals surface area contributed by atoms with Gasteiger partial charge >= 0.3 is 18.0 Å². The lowest BCUT2D eigenvalue weighted by Crippen LogP contribution is -2.61. The number of carboxylic acid groups (broad SMARTS) is 1. The number of hydrogen-bond donors (Lipinski definition) is 30. The summed E-state index contributed by atoms with van der Waals surface area (Å²) in [5, 5.41) is 97.2. The van der Waals surface area contributed by atoms with Crippen molar-refractivity contribution in [2.75, 3.05) is 57.3 Å². The first-order valence-electron chi connectivity index (χ1n) is 43.1. The van der Waals surface area contributed by atoms with Crippen LogP contribution in [0, 0.1) is 16.2 Å². The van der Waals surface area contributed by atoms with Crippen LogP contribution in [0.25, 0.3) is 10.8 Å². The van der Waals surface area contributed by atoms with Crippen LogP contribution in [0.4, 0.5) is 9.59 Å². The zero-order chi connectivity index (χ0) is 96.9. The number of primary amides is 3. The van der Waals surface area contributed by atoms with E-state index in [4.69, 9.17) is 62.1 Å². The van der Waals surface area contributed by atoms with Crippen molar-refractivity contribution in [2.24, 2.45) is 45.9 Å². The van der Waals surface area contributed by atoms with Crippen LogP contribution in [0.5, 0.6) is 11.5 Å². The van der Waals surface area contributed by atoms with Crippen LogP contribution in [-0.2, 0) is 86.4 Å². The molecular formula is C83H124N28O19S2. The van der Waals surface area contributed by atoms with Crippen LogP contribution < -0.4 is 131 Å². The number of carboxylic acids is 1. The van der Waals surface area contributed by atoms with Crippen LogP contribution in [0.1, 0.15) is 126 Å². The number of benzene rings is 4. The molecule has 4 aromatic rings. The molecule has 0 unspecified atom stereocenters. The fourth-order valence-corrected chi connectivity index (χ4v) is 16.5. The lowest BCUT2D eigenvalue weighted by molar-refractivity contribution is -0.143. The fraction of sp³-hybridized carbons (Fsp3) is 0.506. The van der Waals surface area contributed by atoms with Gasteiger partial charge in [-0.3, -0.25) is 83.4 Å². The molecule has 47 nitrogen and oxygen atoms in total. The summed E-state index contributed by atoms with van der Waals surface area (Å²) in [5.41, 5.74) is 46.8. The summed E-state index contributed by atoms with van der Waals surface area (Å²) in [5.74, 6) is -17.8. The monoisotopic (exact) mass is 1880 g/mol. The largest absolute Gasteiger partial charge is 0.508 e. The minimum Gasteiger partial charge on any atom is -0.508 e. The maximum absolute atomic E-state index is 15.7. The Morgan fingerprint density at radius 3 is 1.39 bits per heavy atom. The molecular weight excluding hydrogens is 1760 g/mol. The zero-order valence-electron chi connectivity index (χ0n) is 72.9. The Balaban J connectivity index is 1.58. The number of carbonyl (C=O) groups is 16. The number of rotatable bonds is 40. The number of nitrogens with two attached hydrogens (primary N) is 8. The molecule has 13 atom stereocenters. The summed E-state index contributed by atoms with van der Waals surface area (Å²) in [4.78, 5) is 233. The number of hydrogen-bond acceptors (Lipinski definition) is 25. The molecule has 0 radical (unpaired) electrons. The fourth-order valence-electron chi connectivity index (χ4n) is 14.2. The number of amides is 17. The lowest BCUT2D eigenvalue weighted by atomic mass is 10.00. The van der Waals surface area contributed by atoms with E-state index >= 15 is 52.7 Å². The van der Waals surface area contributed by atoms with E-state index in [9.17, 15) is 39.3 Å². The Morgan fingerprint density at radius 1 is 0.462 bits per heavy atom. The molecule has 2 fully saturated rings. The standard InChI is InChI=1S/C83H124N28O19S2/c84-32-4-3-14-54-70(120)105-58(30-31-65(114)115)78(128)111-38-10-19-64(111)77(127)108-60(41-46-23-28-51(113)29-24-46)73(123)104-55(16-7-35-97-81(91)92)69(119)102-57(18-9-37-99-83(94)130)71(121)109-62(75(125)100-53(66(86)116)15-6-34-96-80(89)90)43-131-132-44-63(76(126)107-59(40-45-21-26-50(112)27-22-45)72(122)103-56(68(118)101-54)17-8-36-98-82(93)129)110-74(124)61(106-67(117)52(85)13-5-33-95-79(87)88)42-47-20-25-48-11-1-2-12-49(48)39-47/h1-2,11-12,20-29,39,52-64,112-113H,3-10,13-19,30-38,40-44,84-85H2,(H2,86,116)(H,100,125)(H,101,118)(H,102,119)(H,103,122)(H,104,123)(H,105,120)(H,106,117)(H,107,126)(H,108,127)(H,109,121)(H,110,124)(H,114,115)(H4,87,88,95)(H4,89,90,96)(H4,91,92,97)(H3,93,98,129)(H3,94,99,130)/t52-,53-,54-,55-,56-,57-,58+,59-,60-,61-,62-,63-,64-/m0/s1. The second kappa shape index (κ2) is 56.0. The van der Waals surface area contributed by atoms with Crippen molar-refractivity contribution in [3.8, 4) is 11.5 Å². The Labute approximate surface area is 768 Å². The van der Waals surface area contributed by atoms with Crippen molar-refractivity contribution < 1.29 is 92.0 Å². The molecule has 0 bridgehead atoms. The molecule has 0 aromatic heterocycles. The molecule has 0 saturated carbocycles. The lowest BCUT2D eigenvalue weighted by Gasteiger charge is -2.31. The van der Waals surface area contributed by atoms with E-state index in [1.807, 2.05) is 18.2 Å². The molecule has 0 spiro atoms. The van der Waals surface area contributed by atoms with Crippen LogP contribution in [-0.4, -0.2) is 269 Å². The average molecular weight is 1880 g/mol. The van der Waals surface area contributed by atoms with Crippen molar-refractivity contribution in [3.63, 3.8) is 0 Å². The predicted octanol–water partition coefficient (Wildman–Crippen LogP) is -5.51. The van der Waals surface area contributed by atoms with Gasteiger partial charge < -0.3 is 151 Å². The van der Waals surface area contributed by atoms with E-state index in [2.05, 4.69) is 85.1 Å². The van der Waals surface area contributed by atoms with Gasteiger partial charge in [0.1, 0.15) is 84.0 Å². The molecule has 49 heteroatoms. The van der Waals surface area contributed by atoms with Gasteiger partial charge in [0.25, 0.3) is 0 Å². The molecule has 6 rings (SSSR count). The number of nitrogens with zero attached hydrogens (tertiary/aromatic N) is 1. The number of phenolic OH excluding ortho intramolecular Hbond substituents is 2. The van der Waals surface area contributed by atoms with E-state index in [1.54, 1.807) is 24.3 Å². The van der Waals surface area contributed by atoms with Crippen molar-refractivity contribution in [2.45, 2.75) is 207 Å². The van der Waals surface area contributed by atoms with Crippen molar-refractivity contribution >= 4 is 145 Å². The first kappa shape index (κ1) is 107. The quantitative estimate of drug-likeness (QED) is 0.00855. The average Bonchev–Trinajstić information content (AvgIpc) is 1.63. The number of phenols is 2. The van der Waals surface area contributed by atoms with Gasteiger partial charge in [-0.15, -0.1) is 0 Å². The minimum absolute atomic E-state index is 0.0103. The highest BCUT2D eigenvalue weighted by Gasteiger charge is 2.42. The number of aliphatic carboxylic acids is 1. The van der Waals surface area contributed by atoms with Crippen molar-refractivity contribution in [1.29, 1.82) is 16.2 Å². The maximum atomic E-state index is 15.7. The maximum Gasteiger partial charge on any atom is 0.312 e. The summed E-state index contributed by atoms with van der Waals surface area (Å²) in [7, 11) is 1.55. The Bertz CT molecular complexity index is 4660. The third-order valence-corrected chi connectivity index (χ3v) is 23.6. The third kappa shape index (κ3) is 38.5. The molecule has 722 valence electrons. The summed E-state index contributed by atoms with van der Waals surface area (Å²) in [6.45, 7) is -0.435. The van der Waals surface area contributed by atoms with Gasteiger partial charge in [-0.05, 0) is 161 Å². The first-order chi connectivity index (χ1) is 62.9. The zero-order valence-corrected chi connectivity index (χ0v) is 74.6. The summed E-state index contributed by atoms with van der Waals surface area (Å²) in [6, 6.07) is -0.0763. The number of fused-ring (bicyclic) bond motifs is 2. The highest BCUT2D eigenvalue weighted by molar-refractivity contribution is 8.76. The molecule has 0 aliphatic carbocycles. The number of unbranched alkanes of at least 4 members (excludes halogenated alkanes) is 1. The summed E-state index contributed by atoms with van der Waals surface area (Å²) >= 11 is 0. The summed E-state index contributed by atoms with van der Waals surface area (Å²) in [6.07, 6.45) is -3.42. The van der Waals surface area contributed by atoms with E-state index in [1.165, 1.54) is 48.5 Å². The van der Waals surface area contributed by atoms with Crippen LogP contribution in [0.2, 0.25) is 0 Å². The number of guanidine groups is 3. The van der Waals surface area contributed by atoms with Crippen LogP contribution in [0.3, 0.4) is 0 Å². The number of urea groups is 2. The molecule has 2 aliphatic heterocycles. The minimum atomic E-state index is -1.83. The van der Waals surface area contributed by atoms with E-state index in [-0.39, 0.29) is 178 Å². The van der Waals surface area contributed by atoms with Gasteiger partial charge in [0.2, 0.25) is 76.8 Å². The molecule has 2 aliphatic rings. The Hall–Kier alpha value is -13.7. The second-order valence-electron chi connectivity index (χ2n) is 31.6. The van der Waals surface area contributed by atoms with Gasteiger partial charge in [0, 0.05) is 76.5 Å². The Morgan fingerprint density at radius 2 is 0.902 bits per heavy atom. The highest BCUT2D eigenvalue weighted by atomic mass is 33.1. The topological polar surface area (TPSA) is 809 Å². The predicted molar refractivity (Wildman–Crippen MR) is 490 cm³/mol. The van der Waals surface area contributed by atoms with Crippen molar-refractivity contribution in [3.05, 3.63) is 108 Å². The van der Waals surface area contributed by atoms with E-state index < -0.39 is 216 Å².